The molecule has 1 rings (SSSR count). The van der Waals surface area contributed by atoms with E-state index in [-0.39, 0.29) is 12.0 Å². The first kappa shape index (κ1) is 13.3. The van der Waals surface area contributed by atoms with Crippen LogP contribution in [0.2, 0.25) is 0 Å². The van der Waals surface area contributed by atoms with Crippen molar-refractivity contribution in [3.63, 3.8) is 0 Å². The van der Waals surface area contributed by atoms with E-state index in [0.29, 0.717) is 24.1 Å². The molecule has 92 valence electrons. The van der Waals surface area contributed by atoms with Crippen LogP contribution >= 0.6 is 11.8 Å². The molecule has 0 saturated carbocycles. The van der Waals surface area contributed by atoms with E-state index in [0.717, 1.165) is 0 Å². The lowest BCUT2D eigenvalue weighted by Crippen LogP contribution is -2.20. The van der Waals surface area contributed by atoms with Crippen molar-refractivity contribution in [2.45, 2.75) is 25.3 Å². The van der Waals surface area contributed by atoms with Gasteiger partial charge in [-0.05, 0) is 13.8 Å². The molecule has 0 bridgehead atoms. The summed E-state index contributed by atoms with van der Waals surface area (Å²) in [5, 5.41) is 6.90. The lowest BCUT2D eigenvalue weighted by molar-refractivity contribution is -0.120. The predicted octanol–water partition coefficient (Wildman–Crippen LogP) is 0.600. The third-order valence-corrected chi connectivity index (χ3v) is 2.95. The Morgan fingerprint density at radius 3 is 2.50 bits per heavy atom. The van der Waals surface area contributed by atoms with Gasteiger partial charge in [-0.25, -0.2) is 9.89 Å². The van der Waals surface area contributed by atoms with E-state index in [4.69, 9.17) is 9.47 Å². The molecule has 0 saturated heterocycles. The molecule has 0 aliphatic rings. The van der Waals surface area contributed by atoms with Crippen molar-refractivity contribution >= 4 is 11.8 Å². The first-order valence-corrected chi connectivity index (χ1v) is 6.15. The normalized spacial score (nSPS) is 11.2. The number of nitrogens with zero attached hydrogens (tertiary/aromatic N) is 2. The monoisotopic (exact) mass is 247 g/mol. The Hall–Kier alpha value is -0.790. The molecule has 0 amide bonds. The standard InChI is InChI=1S/C9H17N3O3S/c1-4-14-7(15-5-2)6-16-9-11-10-8(13)12(9)3/h7H,4-6H2,1-3H3,(H,10,13). The Morgan fingerprint density at radius 2 is 2.06 bits per heavy atom. The van der Waals surface area contributed by atoms with Crippen LogP contribution in [0.1, 0.15) is 13.8 Å². The summed E-state index contributed by atoms with van der Waals surface area (Å²) in [7, 11) is 1.67. The number of hydrogen-bond acceptors (Lipinski definition) is 5. The van der Waals surface area contributed by atoms with Crippen molar-refractivity contribution < 1.29 is 9.47 Å². The van der Waals surface area contributed by atoms with Crippen LogP contribution in [-0.2, 0) is 16.5 Å². The maximum Gasteiger partial charge on any atom is 0.343 e. The maximum atomic E-state index is 11.1. The minimum absolute atomic E-state index is 0.216. The molecule has 0 unspecified atom stereocenters. The van der Waals surface area contributed by atoms with Crippen molar-refractivity contribution in [2.24, 2.45) is 7.05 Å². The topological polar surface area (TPSA) is 69.1 Å². The second-order valence-electron chi connectivity index (χ2n) is 3.02. The fraction of sp³-hybridized carbons (Fsp3) is 0.778. The Morgan fingerprint density at radius 1 is 1.44 bits per heavy atom. The van der Waals surface area contributed by atoms with Gasteiger partial charge < -0.3 is 9.47 Å². The van der Waals surface area contributed by atoms with Gasteiger partial charge in [0.2, 0.25) is 0 Å². The molecule has 0 aliphatic heterocycles. The van der Waals surface area contributed by atoms with E-state index in [1.165, 1.54) is 16.3 Å². The van der Waals surface area contributed by atoms with Crippen LogP contribution in [0, 0.1) is 0 Å². The van der Waals surface area contributed by atoms with Gasteiger partial charge in [-0.3, -0.25) is 4.57 Å². The Labute approximate surface area is 98.3 Å². The lowest BCUT2D eigenvalue weighted by atomic mass is 10.7. The van der Waals surface area contributed by atoms with Crippen molar-refractivity contribution in [2.75, 3.05) is 19.0 Å². The number of aromatic amines is 1. The van der Waals surface area contributed by atoms with Gasteiger partial charge >= 0.3 is 5.69 Å². The molecule has 1 aromatic heterocycles. The minimum atomic E-state index is -0.258. The van der Waals surface area contributed by atoms with Crippen LogP contribution in [-0.4, -0.2) is 40.0 Å². The summed E-state index contributed by atoms with van der Waals surface area (Å²) < 4.78 is 12.2. The third kappa shape index (κ3) is 3.66. The lowest BCUT2D eigenvalue weighted by Gasteiger charge is -2.15. The van der Waals surface area contributed by atoms with Gasteiger partial charge in [0.15, 0.2) is 11.4 Å². The van der Waals surface area contributed by atoms with E-state index in [1.807, 2.05) is 13.8 Å². The van der Waals surface area contributed by atoms with E-state index < -0.39 is 0 Å². The van der Waals surface area contributed by atoms with Crippen LogP contribution in [0.15, 0.2) is 9.95 Å². The smallest absolute Gasteiger partial charge is 0.343 e. The summed E-state index contributed by atoms with van der Waals surface area (Å²) in [4.78, 5) is 11.1. The third-order valence-electron chi connectivity index (χ3n) is 1.89. The molecule has 1 N–H and O–H groups in total. The fourth-order valence-electron chi connectivity index (χ4n) is 1.12. The zero-order valence-corrected chi connectivity index (χ0v) is 10.5. The van der Waals surface area contributed by atoms with Crippen molar-refractivity contribution in [3.8, 4) is 0 Å². The fourth-order valence-corrected chi connectivity index (χ4v) is 1.98. The van der Waals surface area contributed by atoms with Crippen molar-refractivity contribution in [1.29, 1.82) is 0 Å². The van der Waals surface area contributed by atoms with Crippen LogP contribution in [0.25, 0.3) is 0 Å². The zero-order chi connectivity index (χ0) is 12.0. The van der Waals surface area contributed by atoms with Crippen molar-refractivity contribution in [3.05, 3.63) is 10.5 Å². The van der Waals surface area contributed by atoms with Gasteiger partial charge in [0, 0.05) is 20.3 Å². The van der Waals surface area contributed by atoms with Crippen LogP contribution in [0.3, 0.4) is 0 Å². The Bertz CT molecular complexity index is 357. The molecule has 1 heterocycles. The molecule has 7 heteroatoms. The molecule has 0 atom stereocenters. The minimum Gasteiger partial charge on any atom is -0.352 e. The molecule has 0 aromatic carbocycles. The van der Waals surface area contributed by atoms with Gasteiger partial charge in [-0.2, -0.15) is 0 Å². The molecule has 1 aromatic rings. The van der Waals surface area contributed by atoms with Gasteiger partial charge in [0.1, 0.15) is 0 Å². The molecule has 16 heavy (non-hydrogen) atoms. The number of thioether (sulfide) groups is 1. The van der Waals surface area contributed by atoms with E-state index in [9.17, 15) is 4.79 Å². The highest BCUT2D eigenvalue weighted by Crippen LogP contribution is 2.15. The highest BCUT2D eigenvalue weighted by Gasteiger charge is 2.11. The summed E-state index contributed by atoms with van der Waals surface area (Å²) in [6.45, 7) is 5.04. The molecule has 6 nitrogen and oxygen atoms in total. The van der Waals surface area contributed by atoms with Gasteiger partial charge in [0.05, 0.1) is 5.75 Å². The first-order valence-electron chi connectivity index (χ1n) is 5.16. The highest BCUT2D eigenvalue weighted by molar-refractivity contribution is 7.99. The number of nitrogens with one attached hydrogen (secondary N) is 1. The van der Waals surface area contributed by atoms with Crippen LogP contribution in [0.4, 0.5) is 0 Å². The largest absolute Gasteiger partial charge is 0.352 e. The van der Waals surface area contributed by atoms with Gasteiger partial charge in [-0.1, -0.05) is 11.8 Å². The number of H-pyrrole nitrogens is 1. The molecule has 0 spiro atoms. The number of ether oxygens (including phenoxy) is 2. The van der Waals surface area contributed by atoms with E-state index in [1.54, 1.807) is 7.05 Å². The van der Waals surface area contributed by atoms with Crippen LogP contribution in [0.5, 0.6) is 0 Å². The van der Waals surface area contributed by atoms with Gasteiger partial charge in [-0.15, -0.1) is 5.10 Å². The summed E-state index contributed by atoms with van der Waals surface area (Å²) in [6.07, 6.45) is -0.258. The Balaban J connectivity index is 2.48. The summed E-state index contributed by atoms with van der Waals surface area (Å²) in [5.41, 5.74) is -0.216. The van der Waals surface area contributed by atoms with E-state index >= 15 is 0 Å². The second-order valence-corrected chi connectivity index (χ2v) is 4.01. The molecule has 0 radical (unpaired) electrons. The molecular formula is C9H17N3O3S. The molecular weight excluding hydrogens is 230 g/mol. The summed E-state index contributed by atoms with van der Waals surface area (Å²) in [6, 6.07) is 0. The zero-order valence-electron chi connectivity index (χ0n) is 9.73. The summed E-state index contributed by atoms with van der Waals surface area (Å²) >= 11 is 1.43. The SMILES string of the molecule is CCOC(CSc1n[nH]c(=O)n1C)OCC. The molecule has 0 aliphatic carbocycles. The second kappa shape index (κ2) is 6.72. The average molecular weight is 247 g/mol. The predicted molar refractivity (Wildman–Crippen MR) is 61.6 cm³/mol. The number of aromatic nitrogens is 3. The molecule has 0 fully saturated rings. The summed E-state index contributed by atoms with van der Waals surface area (Å²) in [5.74, 6) is 0.611. The number of rotatable bonds is 7. The van der Waals surface area contributed by atoms with Crippen molar-refractivity contribution in [1.82, 2.24) is 14.8 Å². The Kier molecular flexibility index (Phi) is 5.58. The van der Waals surface area contributed by atoms with E-state index in [2.05, 4.69) is 10.2 Å². The first-order chi connectivity index (χ1) is 7.69. The highest BCUT2D eigenvalue weighted by atomic mass is 32.2. The van der Waals surface area contributed by atoms with Gasteiger partial charge in [0.25, 0.3) is 0 Å². The van der Waals surface area contributed by atoms with Crippen LogP contribution < -0.4 is 5.69 Å². The number of hydrogen-bond donors (Lipinski definition) is 1. The quantitative estimate of drug-likeness (QED) is 0.564. The average Bonchev–Trinajstić information content (AvgIpc) is 2.58. The maximum absolute atomic E-state index is 11.1.